The Labute approximate surface area is 197 Å². The van der Waals surface area contributed by atoms with Gasteiger partial charge >= 0.3 is 6.03 Å². The molecule has 1 saturated heterocycles. The Morgan fingerprint density at radius 2 is 1.88 bits per heavy atom. The molecular formula is C23H29N7O2S. The first-order valence-electron chi connectivity index (χ1n) is 11.5. The van der Waals surface area contributed by atoms with Crippen LogP contribution in [0.2, 0.25) is 0 Å². The second-order valence-corrected chi connectivity index (χ2v) is 9.62. The van der Waals surface area contributed by atoms with Crippen LogP contribution in [-0.2, 0) is 6.54 Å². The van der Waals surface area contributed by atoms with Crippen molar-refractivity contribution >= 4 is 27.6 Å². The second-order valence-electron chi connectivity index (χ2n) is 8.66. The highest BCUT2D eigenvalue weighted by Crippen LogP contribution is 2.28. The standard InChI is InChI=1S/C23H29N7O2S/c1-16-19(20(28-32-16)17-7-3-2-4-8-17)15-29-11-13-30(14-12-29)23-27-26-22(33-23)25-21(31)24-18-9-5-6-10-18/h2-4,7-8,18H,5-6,9-15H2,1H3,(H2,24,25,26,31). The number of urea groups is 1. The third kappa shape index (κ3) is 5.17. The summed E-state index contributed by atoms with van der Waals surface area (Å²) in [7, 11) is 0. The molecule has 1 aliphatic carbocycles. The van der Waals surface area contributed by atoms with Gasteiger partial charge < -0.3 is 14.7 Å². The third-order valence-corrected chi connectivity index (χ3v) is 7.28. The maximum absolute atomic E-state index is 12.2. The van der Waals surface area contributed by atoms with Crippen LogP contribution in [0.5, 0.6) is 0 Å². The number of aromatic nitrogens is 3. The van der Waals surface area contributed by atoms with Gasteiger partial charge in [-0.3, -0.25) is 10.2 Å². The van der Waals surface area contributed by atoms with E-state index in [1.165, 1.54) is 24.2 Å². The van der Waals surface area contributed by atoms with E-state index in [1.807, 2.05) is 25.1 Å². The topological polar surface area (TPSA) is 99.4 Å². The van der Waals surface area contributed by atoms with Gasteiger partial charge in [0.1, 0.15) is 11.5 Å². The molecule has 0 atom stereocenters. The van der Waals surface area contributed by atoms with E-state index in [4.69, 9.17) is 4.52 Å². The largest absolute Gasteiger partial charge is 0.361 e. The number of amides is 2. The van der Waals surface area contributed by atoms with Crippen LogP contribution < -0.4 is 15.5 Å². The number of carbonyl (C=O) groups is 1. The van der Waals surface area contributed by atoms with Crippen LogP contribution in [0.15, 0.2) is 34.9 Å². The predicted molar refractivity (Wildman–Crippen MR) is 128 cm³/mol. The van der Waals surface area contributed by atoms with Crippen molar-refractivity contribution in [2.24, 2.45) is 0 Å². The fourth-order valence-corrected chi connectivity index (χ4v) is 5.30. The summed E-state index contributed by atoms with van der Waals surface area (Å²) in [4.78, 5) is 16.8. The van der Waals surface area contributed by atoms with Crippen LogP contribution in [0.3, 0.4) is 0 Å². The van der Waals surface area contributed by atoms with E-state index >= 15 is 0 Å². The molecule has 3 heterocycles. The van der Waals surface area contributed by atoms with Gasteiger partial charge in [0.15, 0.2) is 0 Å². The fraction of sp³-hybridized carbons (Fsp3) is 0.478. The van der Waals surface area contributed by atoms with Gasteiger partial charge in [-0.2, -0.15) is 0 Å². The van der Waals surface area contributed by atoms with Crippen LogP contribution in [0, 0.1) is 6.92 Å². The zero-order valence-electron chi connectivity index (χ0n) is 18.8. The van der Waals surface area contributed by atoms with E-state index in [1.54, 1.807) is 0 Å². The van der Waals surface area contributed by atoms with Gasteiger partial charge in [-0.1, -0.05) is 59.7 Å². The molecule has 9 nitrogen and oxygen atoms in total. The molecule has 1 aromatic carbocycles. The summed E-state index contributed by atoms with van der Waals surface area (Å²) in [6.07, 6.45) is 4.48. The molecule has 2 fully saturated rings. The average molecular weight is 468 g/mol. The summed E-state index contributed by atoms with van der Waals surface area (Å²) in [5, 5.41) is 20.0. The van der Waals surface area contributed by atoms with Gasteiger partial charge in [0.2, 0.25) is 10.3 Å². The lowest BCUT2D eigenvalue weighted by atomic mass is 10.1. The van der Waals surface area contributed by atoms with Crippen LogP contribution >= 0.6 is 11.3 Å². The Balaban J connectivity index is 1.15. The molecule has 2 aromatic heterocycles. The minimum absolute atomic E-state index is 0.187. The fourth-order valence-electron chi connectivity index (χ4n) is 4.50. The number of carbonyl (C=O) groups excluding carboxylic acids is 1. The molecule has 0 bridgehead atoms. The van der Waals surface area contributed by atoms with Gasteiger partial charge in [0, 0.05) is 49.9 Å². The van der Waals surface area contributed by atoms with E-state index in [2.05, 4.69) is 47.9 Å². The smallest absolute Gasteiger partial charge is 0.321 e. The first kappa shape index (κ1) is 21.8. The first-order chi connectivity index (χ1) is 16.2. The summed E-state index contributed by atoms with van der Waals surface area (Å²) in [5.74, 6) is 0.868. The van der Waals surface area contributed by atoms with Gasteiger partial charge in [-0.25, -0.2) is 4.79 Å². The molecule has 10 heteroatoms. The molecule has 174 valence electrons. The molecular weight excluding hydrogens is 438 g/mol. The highest BCUT2D eigenvalue weighted by molar-refractivity contribution is 7.19. The summed E-state index contributed by atoms with van der Waals surface area (Å²) in [5.41, 5.74) is 3.14. The van der Waals surface area contributed by atoms with Crippen LogP contribution in [0.1, 0.15) is 37.0 Å². The van der Waals surface area contributed by atoms with Gasteiger partial charge in [0.25, 0.3) is 0 Å². The Morgan fingerprint density at radius 1 is 1.12 bits per heavy atom. The molecule has 0 unspecified atom stereocenters. The highest BCUT2D eigenvalue weighted by Gasteiger charge is 2.24. The van der Waals surface area contributed by atoms with Gasteiger partial charge in [-0.15, -0.1) is 10.2 Å². The Morgan fingerprint density at radius 3 is 2.64 bits per heavy atom. The number of benzene rings is 1. The lowest BCUT2D eigenvalue weighted by Crippen LogP contribution is -2.46. The zero-order valence-corrected chi connectivity index (χ0v) is 19.6. The molecule has 0 spiro atoms. The van der Waals surface area contributed by atoms with Gasteiger partial charge in [-0.05, 0) is 19.8 Å². The van der Waals surface area contributed by atoms with Crippen molar-refractivity contribution in [2.45, 2.75) is 45.2 Å². The molecule has 1 saturated carbocycles. The lowest BCUT2D eigenvalue weighted by Gasteiger charge is -2.34. The highest BCUT2D eigenvalue weighted by atomic mass is 32.1. The monoisotopic (exact) mass is 467 g/mol. The van der Waals surface area contributed by atoms with Crippen LogP contribution in [-0.4, -0.2) is 58.5 Å². The molecule has 33 heavy (non-hydrogen) atoms. The van der Waals surface area contributed by atoms with Crippen molar-refractivity contribution in [2.75, 3.05) is 36.4 Å². The van der Waals surface area contributed by atoms with Crippen molar-refractivity contribution in [1.29, 1.82) is 0 Å². The Hall–Kier alpha value is -2.98. The molecule has 3 aromatic rings. The molecule has 0 radical (unpaired) electrons. The normalized spacial score (nSPS) is 17.4. The number of hydrogen-bond donors (Lipinski definition) is 2. The Bertz CT molecular complexity index is 1070. The zero-order chi connectivity index (χ0) is 22.6. The molecule has 2 aliphatic rings. The summed E-state index contributed by atoms with van der Waals surface area (Å²) < 4.78 is 5.51. The number of nitrogens with zero attached hydrogens (tertiary/aromatic N) is 5. The summed E-state index contributed by atoms with van der Waals surface area (Å²) in [6, 6.07) is 10.3. The molecule has 2 N–H and O–H groups in total. The SMILES string of the molecule is Cc1onc(-c2ccccc2)c1CN1CCN(c2nnc(NC(=O)NC3CCCC3)s2)CC1. The quantitative estimate of drug-likeness (QED) is 0.567. The summed E-state index contributed by atoms with van der Waals surface area (Å²) in [6.45, 7) is 6.30. The van der Waals surface area contributed by atoms with E-state index in [-0.39, 0.29) is 12.1 Å². The van der Waals surface area contributed by atoms with Crippen molar-refractivity contribution in [1.82, 2.24) is 25.6 Å². The number of nitrogens with one attached hydrogen (secondary N) is 2. The second kappa shape index (κ2) is 9.88. The maximum Gasteiger partial charge on any atom is 0.321 e. The molecule has 2 amide bonds. The maximum atomic E-state index is 12.2. The third-order valence-electron chi connectivity index (χ3n) is 6.38. The lowest BCUT2D eigenvalue weighted by molar-refractivity contribution is 0.248. The minimum atomic E-state index is -0.187. The summed E-state index contributed by atoms with van der Waals surface area (Å²) >= 11 is 1.42. The van der Waals surface area contributed by atoms with Gasteiger partial charge in [0.05, 0.1) is 0 Å². The number of rotatable bonds is 6. The Kier molecular flexibility index (Phi) is 6.54. The van der Waals surface area contributed by atoms with E-state index in [0.29, 0.717) is 5.13 Å². The van der Waals surface area contributed by atoms with Crippen molar-refractivity contribution in [3.8, 4) is 11.3 Å². The van der Waals surface area contributed by atoms with Crippen LogP contribution in [0.25, 0.3) is 11.3 Å². The number of aryl methyl sites for hydroxylation is 1. The number of hydrogen-bond acceptors (Lipinski definition) is 8. The number of piperazine rings is 1. The van der Waals surface area contributed by atoms with E-state index in [9.17, 15) is 4.79 Å². The van der Waals surface area contributed by atoms with E-state index < -0.39 is 0 Å². The average Bonchev–Trinajstić information content (AvgIpc) is 3.58. The minimum Gasteiger partial charge on any atom is -0.361 e. The predicted octanol–water partition coefficient (Wildman–Crippen LogP) is 3.89. The van der Waals surface area contributed by atoms with E-state index in [0.717, 1.165) is 73.3 Å². The van der Waals surface area contributed by atoms with Crippen molar-refractivity contribution in [3.05, 3.63) is 41.7 Å². The first-order valence-corrected chi connectivity index (χ1v) is 12.4. The van der Waals surface area contributed by atoms with Crippen LogP contribution in [0.4, 0.5) is 15.1 Å². The molecule has 5 rings (SSSR count). The van der Waals surface area contributed by atoms with Crippen molar-refractivity contribution in [3.63, 3.8) is 0 Å². The van der Waals surface area contributed by atoms with Crippen molar-refractivity contribution < 1.29 is 9.32 Å². The number of anilines is 2. The molecule has 1 aliphatic heterocycles.